The van der Waals surface area contributed by atoms with Crippen molar-refractivity contribution in [2.45, 2.75) is 63.1 Å². The number of aromatic hydroxyl groups is 1. The number of phenols is 1. The van der Waals surface area contributed by atoms with Crippen LogP contribution in [-0.4, -0.2) is 80.5 Å². The van der Waals surface area contributed by atoms with Crippen LogP contribution in [-0.2, 0) is 11.2 Å². The van der Waals surface area contributed by atoms with E-state index in [2.05, 4.69) is 20.2 Å². The molecule has 4 aromatic rings. The molecule has 47 heavy (non-hydrogen) atoms. The number of carboxylic acids is 1. The normalized spacial score (nSPS) is 28.7. The van der Waals surface area contributed by atoms with E-state index in [1.54, 1.807) is 6.92 Å². The Labute approximate surface area is 269 Å². The largest absolute Gasteiger partial charge is 0.508 e. The number of pyridine rings is 1. The first-order chi connectivity index (χ1) is 22.6. The molecule has 3 unspecified atom stereocenters. The molecule has 4 aliphatic rings. The van der Waals surface area contributed by atoms with E-state index >= 15 is 4.39 Å². The Morgan fingerprint density at radius 2 is 2.06 bits per heavy atom. The summed E-state index contributed by atoms with van der Waals surface area (Å²) in [7, 11) is 0. The summed E-state index contributed by atoms with van der Waals surface area (Å²) in [6.07, 6.45) is 3.99. The highest BCUT2D eigenvalue weighted by Crippen LogP contribution is 2.63. The lowest BCUT2D eigenvalue weighted by molar-refractivity contribution is -0.145. The van der Waals surface area contributed by atoms with Gasteiger partial charge in [0.25, 0.3) is 0 Å². The van der Waals surface area contributed by atoms with E-state index in [-0.39, 0.29) is 46.4 Å². The Bertz CT molecular complexity index is 1940. The van der Waals surface area contributed by atoms with Gasteiger partial charge in [0.05, 0.1) is 16.6 Å². The number of phenolic OH excluding ortho intramolecular Hbond substituents is 1. The molecular weight excluding hydrogens is 611 g/mol. The Morgan fingerprint density at radius 3 is 2.87 bits per heavy atom. The number of fused-ring (bicyclic) bond motifs is 4. The number of ether oxygens (including phenoxy) is 1. The van der Waals surface area contributed by atoms with Gasteiger partial charge < -0.3 is 20.3 Å². The number of carbonyl (C=O) groups is 1. The van der Waals surface area contributed by atoms with Crippen molar-refractivity contribution in [3.63, 3.8) is 0 Å². The zero-order valence-electron chi connectivity index (χ0n) is 26.0. The lowest BCUT2D eigenvalue weighted by Crippen LogP contribution is -2.43. The fraction of sp³-hybridized carbons (Fsp3) is 0.486. The van der Waals surface area contributed by atoms with Crippen LogP contribution in [0.1, 0.15) is 56.2 Å². The number of halogens is 3. The van der Waals surface area contributed by atoms with Crippen LogP contribution in [0.3, 0.4) is 0 Å². The SMILES string of the molecule is CCc1c(F)ccc2cc(O)cc(-c3ncc4c(C5CNCCC6CC65C(=O)O)nc(OC[C@@]56CCCN5C[C@H](F)C6)nc4c3F)c12. The first kappa shape index (κ1) is 30.3. The molecule has 3 N–H and O–H groups in total. The predicted octanol–water partition coefficient (Wildman–Crippen LogP) is 5.51. The second-order valence-electron chi connectivity index (χ2n) is 13.7. The maximum absolute atomic E-state index is 17.0. The number of alkyl halides is 1. The van der Waals surface area contributed by atoms with E-state index in [9.17, 15) is 23.8 Å². The van der Waals surface area contributed by atoms with Gasteiger partial charge in [0.2, 0.25) is 0 Å². The van der Waals surface area contributed by atoms with Crippen LogP contribution in [0.5, 0.6) is 11.8 Å². The number of aliphatic carboxylic acids is 1. The average molecular weight is 648 g/mol. The monoisotopic (exact) mass is 647 g/mol. The first-order valence-electron chi connectivity index (χ1n) is 16.4. The Kier molecular flexibility index (Phi) is 7.10. The molecule has 0 amide bonds. The lowest BCUT2D eigenvalue weighted by Gasteiger charge is -2.31. The standard InChI is InChI=1S/C35H36F3N5O4/c1-2-22-26(37)5-4-18-10-21(44)11-23(27(18)22)30-28(38)31-24(14-40-30)29(25-15-39-8-6-19-12-35(19,25)32(45)46)41-33(42-31)47-17-34-7-3-9-43(34)16-20(36)13-34/h4-5,10-11,14,19-20,25,39,44H,2-3,6-9,12-13,15-17H2,1H3,(H,45,46)/t19?,20-,25?,34+,35?/m1/s1. The summed E-state index contributed by atoms with van der Waals surface area (Å²) in [6.45, 7) is 3.99. The van der Waals surface area contributed by atoms with Gasteiger partial charge in [-0.15, -0.1) is 0 Å². The van der Waals surface area contributed by atoms with Crippen LogP contribution in [0.15, 0.2) is 30.5 Å². The number of nitrogens with one attached hydrogen (secondary N) is 1. The number of hydrogen-bond acceptors (Lipinski definition) is 8. The van der Waals surface area contributed by atoms with Crippen LogP contribution in [0.2, 0.25) is 0 Å². The molecule has 3 aliphatic heterocycles. The minimum atomic E-state index is -1.07. The Balaban J connectivity index is 1.31. The molecule has 4 fully saturated rings. The van der Waals surface area contributed by atoms with E-state index in [1.807, 2.05) is 0 Å². The summed E-state index contributed by atoms with van der Waals surface area (Å²) in [5, 5.41) is 25.6. The predicted molar refractivity (Wildman–Crippen MR) is 168 cm³/mol. The molecule has 5 atom stereocenters. The van der Waals surface area contributed by atoms with Crippen molar-refractivity contribution in [1.82, 2.24) is 25.2 Å². The molecule has 0 spiro atoms. The zero-order chi connectivity index (χ0) is 32.7. The summed E-state index contributed by atoms with van der Waals surface area (Å²) in [5.41, 5.74) is -0.921. The Hall–Kier alpha value is -4.03. The molecule has 5 heterocycles. The van der Waals surface area contributed by atoms with Crippen LogP contribution in [0.4, 0.5) is 13.2 Å². The number of rotatable bonds is 7. The quantitative estimate of drug-likeness (QED) is 0.238. The molecule has 12 heteroatoms. The summed E-state index contributed by atoms with van der Waals surface area (Å²) in [5.74, 6) is -2.99. The van der Waals surface area contributed by atoms with Gasteiger partial charge in [-0.25, -0.2) is 13.2 Å². The van der Waals surface area contributed by atoms with Gasteiger partial charge in [-0.05, 0) is 85.6 Å². The van der Waals surface area contributed by atoms with Crippen LogP contribution >= 0.6 is 0 Å². The van der Waals surface area contributed by atoms with Crippen LogP contribution in [0.25, 0.3) is 32.9 Å². The molecule has 1 aliphatic carbocycles. The number of hydrogen-bond donors (Lipinski definition) is 3. The van der Waals surface area contributed by atoms with Crippen molar-refractivity contribution < 1.29 is 32.9 Å². The summed E-state index contributed by atoms with van der Waals surface area (Å²) >= 11 is 0. The van der Waals surface area contributed by atoms with Crippen LogP contribution in [0, 0.1) is 23.0 Å². The number of aryl methyl sites for hydroxylation is 1. The van der Waals surface area contributed by atoms with Crippen molar-refractivity contribution in [2.24, 2.45) is 11.3 Å². The molecule has 8 rings (SSSR count). The van der Waals surface area contributed by atoms with Crippen molar-refractivity contribution in [1.29, 1.82) is 0 Å². The van der Waals surface area contributed by atoms with Crippen LogP contribution < -0.4 is 10.1 Å². The van der Waals surface area contributed by atoms with Gasteiger partial charge in [0.1, 0.15) is 35.6 Å². The molecule has 3 saturated heterocycles. The third-order valence-corrected chi connectivity index (χ3v) is 11.2. The molecule has 1 saturated carbocycles. The third kappa shape index (κ3) is 4.66. The van der Waals surface area contributed by atoms with E-state index in [1.165, 1.54) is 30.5 Å². The molecular formula is C35H36F3N5O4. The maximum Gasteiger partial charge on any atom is 0.317 e. The van der Waals surface area contributed by atoms with Gasteiger partial charge in [0, 0.05) is 42.6 Å². The minimum absolute atomic E-state index is 0.0570. The van der Waals surface area contributed by atoms with Gasteiger partial charge in [-0.1, -0.05) is 13.0 Å². The van der Waals surface area contributed by atoms with Gasteiger partial charge in [0.15, 0.2) is 5.82 Å². The molecule has 0 radical (unpaired) electrons. The lowest BCUT2D eigenvalue weighted by atomic mass is 9.82. The zero-order valence-corrected chi connectivity index (χ0v) is 26.0. The van der Waals surface area contributed by atoms with Gasteiger partial charge in [-0.3, -0.25) is 14.7 Å². The van der Waals surface area contributed by atoms with E-state index in [0.29, 0.717) is 67.3 Å². The fourth-order valence-corrected chi connectivity index (χ4v) is 8.85. The number of nitrogens with zero attached hydrogens (tertiary/aromatic N) is 4. The average Bonchev–Trinajstić information content (AvgIpc) is 3.58. The summed E-state index contributed by atoms with van der Waals surface area (Å²) < 4.78 is 52.7. The highest BCUT2D eigenvalue weighted by Gasteiger charge is 2.65. The minimum Gasteiger partial charge on any atom is -0.508 e. The highest BCUT2D eigenvalue weighted by atomic mass is 19.1. The number of benzene rings is 2. The molecule has 2 aromatic carbocycles. The van der Waals surface area contributed by atoms with Crippen molar-refractivity contribution in [2.75, 3.05) is 32.8 Å². The fourth-order valence-electron chi connectivity index (χ4n) is 8.85. The Morgan fingerprint density at radius 1 is 1.21 bits per heavy atom. The second kappa shape index (κ2) is 11.0. The van der Waals surface area contributed by atoms with E-state index in [0.717, 1.165) is 19.4 Å². The molecule has 9 nitrogen and oxygen atoms in total. The smallest absolute Gasteiger partial charge is 0.317 e. The molecule has 246 valence electrons. The van der Waals surface area contributed by atoms with Crippen molar-refractivity contribution >= 4 is 27.6 Å². The number of carboxylic acid groups (broad SMARTS) is 1. The molecule has 0 bridgehead atoms. The number of aromatic nitrogens is 3. The third-order valence-electron chi connectivity index (χ3n) is 11.2. The summed E-state index contributed by atoms with van der Waals surface area (Å²) in [4.78, 5) is 28.7. The van der Waals surface area contributed by atoms with E-state index < -0.39 is 40.6 Å². The second-order valence-corrected chi connectivity index (χ2v) is 13.7. The summed E-state index contributed by atoms with van der Waals surface area (Å²) in [6, 6.07) is 5.60. The van der Waals surface area contributed by atoms with Crippen molar-refractivity contribution in [3.05, 3.63) is 53.4 Å². The molecule has 2 aromatic heterocycles. The first-order valence-corrected chi connectivity index (χ1v) is 16.4. The van der Waals surface area contributed by atoms with Crippen molar-refractivity contribution in [3.8, 4) is 23.0 Å². The van der Waals surface area contributed by atoms with Gasteiger partial charge >= 0.3 is 12.0 Å². The maximum atomic E-state index is 17.0. The highest BCUT2D eigenvalue weighted by molar-refractivity contribution is 6.01. The topological polar surface area (TPSA) is 121 Å². The van der Waals surface area contributed by atoms with E-state index in [4.69, 9.17) is 9.72 Å². The van der Waals surface area contributed by atoms with Gasteiger partial charge in [-0.2, -0.15) is 9.97 Å².